The number of fused-ring (bicyclic) bond motifs is 1. The van der Waals surface area contributed by atoms with Gasteiger partial charge in [0.2, 0.25) is 15.9 Å². The van der Waals surface area contributed by atoms with Crippen LogP contribution in [-0.2, 0) is 21.4 Å². The zero-order valence-electron chi connectivity index (χ0n) is 16.3. The van der Waals surface area contributed by atoms with Crippen molar-refractivity contribution in [1.82, 2.24) is 5.32 Å². The van der Waals surface area contributed by atoms with Crippen LogP contribution in [0.15, 0.2) is 66.7 Å². The molecule has 0 saturated heterocycles. The number of nitrogens with zero attached hydrogens (tertiary/aromatic N) is 1. The fourth-order valence-electron chi connectivity index (χ4n) is 3.30. The van der Waals surface area contributed by atoms with E-state index in [1.165, 1.54) is 0 Å². The topological polar surface area (TPSA) is 66.5 Å². The Morgan fingerprint density at radius 2 is 1.69 bits per heavy atom. The van der Waals surface area contributed by atoms with Crippen LogP contribution in [0.4, 0.5) is 5.69 Å². The van der Waals surface area contributed by atoms with Crippen molar-refractivity contribution in [2.24, 2.45) is 0 Å². The van der Waals surface area contributed by atoms with Gasteiger partial charge in [-0.2, -0.15) is 0 Å². The van der Waals surface area contributed by atoms with E-state index in [2.05, 4.69) is 5.32 Å². The highest BCUT2D eigenvalue weighted by Crippen LogP contribution is 2.24. The minimum Gasteiger partial charge on any atom is -0.350 e. The van der Waals surface area contributed by atoms with Crippen LogP contribution in [0.1, 0.15) is 18.9 Å². The standard InChI is InChI=1S/C22H23ClN2O3S/c1-3-21(25(29(2,27)28)20-12-10-19(23)11-13-20)22(26)24-15-16-8-9-17-6-4-5-7-18(17)14-16/h4-14,21H,3,15H2,1-2H3,(H,24,26)/t21-/m1/s1. The van der Waals surface area contributed by atoms with Gasteiger partial charge in [-0.05, 0) is 53.1 Å². The van der Waals surface area contributed by atoms with Gasteiger partial charge in [0.25, 0.3) is 0 Å². The lowest BCUT2D eigenvalue weighted by Gasteiger charge is -2.30. The number of amides is 1. The predicted molar refractivity (Wildman–Crippen MR) is 119 cm³/mol. The summed E-state index contributed by atoms with van der Waals surface area (Å²) in [4.78, 5) is 12.9. The van der Waals surface area contributed by atoms with Gasteiger partial charge in [0.15, 0.2) is 0 Å². The third kappa shape index (κ3) is 5.08. The molecule has 1 atom stereocenters. The van der Waals surface area contributed by atoms with Gasteiger partial charge in [0.1, 0.15) is 6.04 Å². The molecule has 7 heteroatoms. The number of nitrogens with one attached hydrogen (secondary N) is 1. The molecule has 0 fully saturated rings. The number of anilines is 1. The third-order valence-electron chi connectivity index (χ3n) is 4.69. The quantitative estimate of drug-likeness (QED) is 0.605. The number of hydrogen-bond donors (Lipinski definition) is 1. The van der Waals surface area contributed by atoms with Crippen LogP contribution in [0.3, 0.4) is 0 Å². The van der Waals surface area contributed by atoms with Crippen LogP contribution in [-0.4, -0.2) is 26.6 Å². The number of halogens is 1. The number of carbonyl (C=O) groups excluding carboxylic acids is 1. The van der Waals surface area contributed by atoms with Crippen molar-refractivity contribution in [3.63, 3.8) is 0 Å². The van der Waals surface area contributed by atoms with Crippen molar-refractivity contribution in [2.75, 3.05) is 10.6 Å². The van der Waals surface area contributed by atoms with Crippen LogP contribution in [0.2, 0.25) is 5.02 Å². The Hall–Kier alpha value is -2.57. The van der Waals surface area contributed by atoms with Gasteiger partial charge < -0.3 is 5.32 Å². The second kappa shape index (κ2) is 8.84. The Kier molecular flexibility index (Phi) is 6.45. The van der Waals surface area contributed by atoms with Gasteiger partial charge in [-0.15, -0.1) is 0 Å². The van der Waals surface area contributed by atoms with E-state index in [-0.39, 0.29) is 5.91 Å². The zero-order chi connectivity index (χ0) is 21.0. The van der Waals surface area contributed by atoms with Gasteiger partial charge in [-0.3, -0.25) is 9.10 Å². The van der Waals surface area contributed by atoms with Crippen molar-refractivity contribution < 1.29 is 13.2 Å². The lowest BCUT2D eigenvalue weighted by Crippen LogP contribution is -2.49. The largest absolute Gasteiger partial charge is 0.350 e. The lowest BCUT2D eigenvalue weighted by atomic mass is 10.1. The van der Waals surface area contributed by atoms with E-state index < -0.39 is 16.1 Å². The molecule has 3 aromatic carbocycles. The van der Waals surface area contributed by atoms with Crippen LogP contribution < -0.4 is 9.62 Å². The average Bonchev–Trinajstić information content (AvgIpc) is 2.70. The Morgan fingerprint density at radius 1 is 1.03 bits per heavy atom. The highest BCUT2D eigenvalue weighted by atomic mass is 35.5. The molecule has 3 rings (SSSR count). The van der Waals surface area contributed by atoms with Gasteiger partial charge in [-0.1, -0.05) is 54.9 Å². The van der Waals surface area contributed by atoms with Crippen LogP contribution in [0, 0.1) is 0 Å². The minimum atomic E-state index is -3.67. The molecular weight excluding hydrogens is 408 g/mol. The molecule has 0 unspecified atom stereocenters. The molecule has 0 saturated carbocycles. The minimum absolute atomic E-state index is 0.318. The number of sulfonamides is 1. The molecule has 0 aliphatic carbocycles. The normalized spacial score (nSPS) is 12.5. The van der Waals surface area contributed by atoms with Crippen LogP contribution in [0.5, 0.6) is 0 Å². The molecule has 3 aromatic rings. The first-order valence-electron chi connectivity index (χ1n) is 9.30. The number of benzene rings is 3. The van der Waals surface area contributed by atoms with E-state index in [4.69, 9.17) is 11.6 Å². The molecule has 5 nitrogen and oxygen atoms in total. The average molecular weight is 431 g/mol. The SMILES string of the molecule is CC[C@H](C(=O)NCc1ccc2ccccc2c1)N(c1ccc(Cl)cc1)S(C)(=O)=O. The smallest absolute Gasteiger partial charge is 0.244 e. The summed E-state index contributed by atoms with van der Waals surface area (Å²) < 4.78 is 26.1. The van der Waals surface area contributed by atoms with Gasteiger partial charge >= 0.3 is 0 Å². The summed E-state index contributed by atoms with van der Waals surface area (Å²) in [6, 6.07) is 19.5. The van der Waals surface area contributed by atoms with E-state index in [1.54, 1.807) is 31.2 Å². The first kappa shape index (κ1) is 21.1. The molecule has 29 heavy (non-hydrogen) atoms. The Bertz CT molecular complexity index is 1110. The molecule has 152 valence electrons. The predicted octanol–water partition coefficient (Wildman–Crippen LogP) is 4.35. The Morgan fingerprint density at radius 3 is 2.31 bits per heavy atom. The summed E-state index contributed by atoms with van der Waals surface area (Å²) >= 11 is 5.92. The van der Waals surface area contributed by atoms with Crippen molar-refractivity contribution in [1.29, 1.82) is 0 Å². The third-order valence-corrected chi connectivity index (χ3v) is 6.12. The summed E-state index contributed by atoms with van der Waals surface area (Å²) in [6.07, 6.45) is 1.43. The van der Waals surface area contributed by atoms with Crippen molar-refractivity contribution in [3.8, 4) is 0 Å². The van der Waals surface area contributed by atoms with Crippen molar-refractivity contribution >= 4 is 44.0 Å². The summed E-state index contributed by atoms with van der Waals surface area (Å²) in [5, 5.41) is 5.59. The second-order valence-corrected chi connectivity index (χ2v) is 9.15. The molecule has 0 radical (unpaired) electrons. The number of carbonyl (C=O) groups is 1. The summed E-state index contributed by atoms with van der Waals surface area (Å²) in [5.41, 5.74) is 1.36. The first-order valence-corrected chi connectivity index (χ1v) is 11.5. The van der Waals surface area contributed by atoms with Gasteiger partial charge in [0.05, 0.1) is 11.9 Å². The van der Waals surface area contributed by atoms with Gasteiger partial charge in [0, 0.05) is 11.6 Å². The molecule has 0 heterocycles. The molecule has 0 bridgehead atoms. The van der Waals surface area contributed by atoms with E-state index in [0.29, 0.717) is 23.7 Å². The van der Waals surface area contributed by atoms with Gasteiger partial charge in [-0.25, -0.2) is 8.42 Å². The maximum atomic E-state index is 12.9. The maximum absolute atomic E-state index is 12.9. The number of hydrogen-bond acceptors (Lipinski definition) is 3. The highest BCUT2D eigenvalue weighted by molar-refractivity contribution is 7.92. The molecule has 0 aliphatic heterocycles. The number of rotatable bonds is 7. The van der Waals surface area contributed by atoms with E-state index in [1.807, 2.05) is 42.5 Å². The fourth-order valence-corrected chi connectivity index (χ4v) is 4.64. The fraction of sp³-hybridized carbons (Fsp3) is 0.227. The van der Waals surface area contributed by atoms with Crippen LogP contribution in [0.25, 0.3) is 10.8 Å². The Balaban J connectivity index is 1.80. The first-order chi connectivity index (χ1) is 13.8. The highest BCUT2D eigenvalue weighted by Gasteiger charge is 2.31. The van der Waals surface area contributed by atoms with E-state index in [0.717, 1.165) is 26.9 Å². The summed E-state index contributed by atoms with van der Waals surface area (Å²) in [5.74, 6) is -0.346. The molecule has 1 amide bonds. The maximum Gasteiger partial charge on any atom is 0.244 e. The van der Waals surface area contributed by atoms with E-state index in [9.17, 15) is 13.2 Å². The van der Waals surface area contributed by atoms with Crippen molar-refractivity contribution in [3.05, 3.63) is 77.3 Å². The monoisotopic (exact) mass is 430 g/mol. The summed E-state index contributed by atoms with van der Waals surface area (Å²) in [6.45, 7) is 2.10. The van der Waals surface area contributed by atoms with E-state index >= 15 is 0 Å². The molecule has 1 N–H and O–H groups in total. The molecule has 0 aromatic heterocycles. The zero-order valence-corrected chi connectivity index (χ0v) is 17.9. The van der Waals surface area contributed by atoms with Crippen LogP contribution >= 0.6 is 11.6 Å². The summed E-state index contributed by atoms with van der Waals surface area (Å²) in [7, 11) is -3.67. The van der Waals surface area contributed by atoms with Crippen molar-refractivity contribution in [2.45, 2.75) is 25.9 Å². The molecular formula is C22H23ClN2O3S. The molecule has 0 aliphatic rings. The molecule has 0 spiro atoms. The second-order valence-electron chi connectivity index (χ2n) is 6.86. The Labute approximate surface area is 176 Å². The lowest BCUT2D eigenvalue weighted by molar-refractivity contribution is -0.122.